The molecule has 3 saturated heterocycles. The molecule has 4 aliphatic rings. The van der Waals surface area contributed by atoms with Gasteiger partial charge in [0.2, 0.25) is 5.91 Å². The molecule has 0 unspecified atom stereocenters. The van der Waals surface area contributed by atoms with Crippen molar-refractivity contribution in [2.24, 2.45) is 17.0 Å². The summed E-state index contributed by atoms with van der Waals surface area (Å²) in [6, 6.07) is 33.4. The fourth-order valence-corrected chi connectivity index (χ4v) is 11.3. The SMILES string of the molecule is CCC[C@H](O)C(=O)N[C@@H]1C[C@H](NC(=O)OCc2ccccc2)[C@@H](O[C@H]2O[C@H](CN=[N+]=[N-])[C@@H](O)[C@H](O)[C@H]2C)[C@H](O[C@@H]2O[C@H](CO)[C@@H](O[C@H]3O[C@@H](CNC(=O)OCc4ccccc4)[C@@H](O)[C@H](O)[C@H]3C)[C@H]2OCCN(CCc2ccccc2)C(=O)OCc2ccccc2)[C@H]1O. The summed E-state index contributed by atoms with van der Waals surface area (Å²) in [4.78, 5) is 59.0. The second-order valence-corrected chi connectivity index (χ2v) is 23.2. The number of amides is 4. The van der Waals surface area contributed by atoms with Crippen LogP contribution in [0.25, 0.3) is 10.4 Å². The zero-order valence-electron chi connectivity index (χ0n) is 51.4. The molecule has 28 heteroatoms. The highest BCUT2D eigenvalue weighted by atomic mass is 16.8. The molecule has 1 aliphatic carbocycles. The summed E-state index contributed by atoms with van der Waals surface area (Å²) in [5, 5.41) is 91.8. The molecule has 10 N–H and O–H groups in total. The quantitative estimate of drug-likeness (QED) is 0.0161. The first kappa shape index (κ1) is 70.8. The molecule has 0 spiro atoms. The lowest BCUT2D eigenvalue weighted by Gasteiger charge is -2.49. The molecule has 502 valence electrons. The monoisotopic (exact) mass is 1290 g/mol. The number of benzene rings is 4. The number of aliphatic hydroxyl groups is 7. The fraction of sp³-hybridized carbons (Fsp3) is 0.562. The molecule has 4 aromatic carbocycles. The van der Waals surface area contributed by atoms with Crippen LogP contribution in [0.5, 0.6) is 0 Å². The van der Waals surface area contributed by atoms with Crippen LogP contribution in [0, 0.1) is 11.8 Å². The van der Waals surface area contributed by atoms with Crippen molar-refractivity contribution in [3.8, 4) is 0 Å². The molecule has 0 aromatic heterocycles. The van der Waals surface area contributed by atoms with Gasteiger partial charge < -0.3 is 104 Å². The van der Waals surface area contributed by atoms with E-state index in [0.29, 0.717) is 24.0 Å². The molecular weight excluding hydrogens is 1200 g/mol. The Morgan fingerprint density at radius 1 is 0.609 bits per heavy atom. The Bertz CT molecular complexity index is 2950. The first-order chi connectivity index (χ1) is 44.5. The Labute approximate surface area is 532 Å². The number of carbonyl (C=O) groups is 4. The summed E-state index contributed by atoms with van der Waals surface area (Å²) in [5.41, 5.74) is 12.2. The average molecular weight is 1290 g/mol. The zero-order chi connectivity index (χ0) is 65.7. The van der Waals surface area contributed by atoms with E-state index in [0.717, 1.165) is 11.1 Å². The van der Waals surface area contributed by atoms with E-state index in [2.05, 4.69) is 26.0 Å². The number of ether oxygens (including phenoxy) is 10. The molecule has 92 heavy (non-hydrogen) atoms. The number of hydrogen-bond donors (Lipinski definition) is 10. The lowest BCUT2D eigenvalue weighted by atomic mass is 9.82. The number of alkyl carbamates (subject to hydrolysis) is 2. The first-order valence-corrected chi connectivity index (χ1v) is 30.9. The minimum atomic E-state index is -1.85. The second-order valence-electron chi connectivity index (χ2n) is 23.2. The van der Waals surface area contributed by atoms with E-state index in [1.54, 1.807) is 73.7 Å². The Hall–Kier alpha value is -7.09. The molecule has 3 aliphatic heterocycles. The van der Waals surface area contributed by atoms with Gasteiger partial charge in [0.1, 0.15) is 80.9 Å². The maximum Gasteiger partial charge on any atom is 0.410 e. The molecule has 20 atom stereocenters. The van der Waals surface area contributed by atoms with Crippen molar-refractivity contribution in [1.82, 2.24) is 20.9 Å². The maximum absolute atomic E-state index is 14.1. The van der Waals surface area contributed by atoms with Gasteiger partial charge in [0.25, 0.3) is 0 Å². The Balaban J connectivity index is 1.14. The summed E-state index contributed by atoms with van der Waals surface area (Å²) >= 11 is 0. The van der Waals surface area contributed by atoms with Crippen molar-refractivity contribution in [3.63, 3.8) is 0 Å². The van der Waals surface area contributed by atoms with Crippen LogP contribution in [0.15, 0.2) is 126 Å². The standard InChI is InChI=1S/C64H85N7O21/c1-4-17-45(73)58(79)68-43-30-44(69-63(81)85-35-41-22-13-7-14-23-41)54(90-59-37(2)50(75)53(78)47(88-59)32-67-70-65)56(51(43)76)92-61-57(83-29-28-71(27-26-39-18-9-5-10-19-39)64(82)86-36-42-24-15-8-16-25-42)55(48(33-72)89-61)91-60-38(3)49(74)52(77)46(87-60)31-66-62(80)84-34-40-20-11-6-12-21-40/h5-16,18-25,37-38,43-57,59-61,72-78H,4,17,26-36H2,1-3H3,(H,66,80)(H,68,79)(H,69,81)/t37-,38-,43-,44+,45+,46+,47-,48-,49-,50-,51+,52-,53-,54-,55-,56-,57-,59-,60-,61+/m1/s1. The van der Waals surface area contributed by atoms with Crippen LogP contribution in [0.3, 0.4) is 0 Å². The van der Waals surface area contributed by atoms with E-state index >= 15 is 0 Å². The van der Waals surface area contributed by atoms with Gasteiger partial charge in [0.05, 0.1) is 50.2 Å². The Morgan fingerprint density at radius 3 is 1.68 bits per heavy atom. The maximum atomic E-state index is 14.1. The summed E-state index contributed by atoms with van der Waals surface area (Å²) in [7, 11) is 0. The third-order valence-corrected chi connectivity index (χ3v) is 16.7. The predicted octanol–water partition coefficient (Wildman–Crippen LogP) is 3.23. The minimum Gasteiger partial charge on any atom is -0.445 e. The van der Waals surface area contributed by atoms with Crippen molar-refractivity contribution >= 4 is 24.2 Å². The lowest BCUT2D eigenvalue weighted by Crippen LogP contribution is -2.68. The smallest absolute Gasteiger partial charge is 0.410 e. The van der Waals surface area contributed by atoms with Crippen LogP contribution in [-0.2, 0) is 78.4 Å². The van der Waals surface area contributed by atoms with Crippen molar-refractivity contribution in [1.29, 1.82) is 0 Å². The third-order valence-electron chi connectivity index (χ3n) is 16.7. The largest absolute Gasteiger partial charge is 0.445 e. The second kappa shape index (κ2) is 35.3. The number of carbonyl (C=O) groups excluding carboxylic acids is 4. The van der Waals surface area contributed by atoms with Crippen LogP contribution in [0.1, 0.15) is 62.3 Å². The highest BCUT2D eigenvalue weighted by Crippen LogP contribution is 2.38. The molecule has 1 saturated carbocycles. The van der Waals surface area contributed by atoms with Crippen molar-refractivity contribution in [3.05, 3.63) is 154 Å². The van der Waals surface area contributed by atoms with Crippen molar-refractivity contribution < 1.29 is 102 Å². The van der Waals surface area contributed by atoms with Gasteiger partial charge in [-0.05, 0) is 47.0 Å². The summed E-state index contributed by atoms with van der Waals surface area (Å²) < 4.78 is 62.8. The first-order valence-electron chi connectivity index (χ1n) is 30.9. The number of azide groups is 1. The molecule has 28 nitrogen and oxygen atoms in total. The topological polar surface area (TPSA) is 390 Å². The van der Waals surface area contributed by atoms with Gasteiger partial charge in [0.15, 0.2) is 18.9 Å². The van der Waals surface area contributed by atoms with E-state index in [1.807, 2.05) is 54.6 Å². The van der Waals surface area contributed by atoms with Crippen molar-refractivity contribution in [2.45, 2.75) is 177 Å². The normalized spacial score (nSPS) is 30.6. The summed E-state index contributed by atoms with van der Waals surface area (Å²) in [5.74, 6) is -2.96. The van der Waals surface area contributed by atoms with E-state index in [4.69, 9.17) is 47.4 Å². The molecule has 4 fully saturated rings. The third kappa shape index (κ3) is 19.5. The van der Waals surface area contributed by atoms with Crippen LogP contribution < -0.4 is 16.0 Å². The van der Waals surface area contributed by atoms with Gasteiger partial charge in [-0.2, -0.15) is 0 Å². The van der Waals surface area contributed by atoms with Crippen molar-refractivity contribution in [2.75, 3.05) is 39.4 Å². The van der Waals surface area contributed by atoms with Crippen LogP contribution in [0.2, 0.25) is 0 Å². The molecule has 4 aromatic rings. The molecule has 0 bridgehead atoms. The zero-order valence-corrected chi connectivity index (χ0v) is 51.4. The number of rotatable bonds is 29. The summed E-state index contributed by atoms with van der Waals surface area (Å²) in [6.45, 7) is 2.52. The van der Waals surface area contributed by atoms with Crippen LogP contribution in [-0.4, -0.2) is 215 Å². The number of aliphatic hydroxyl groups excluding tert-OH is 7. The molecule has 8 rings (SSSR count). The molecule has 0 radical (unpaired) electrons. The highest BCUT2D eigenvalue weighted by molar-refractivity contribution is 5.80. The predicted molar refractivity (Wildman–Crippen MR) is 324 cm³/mol. The Morgan fingerprint density at radius 2 is 1.12 bits per heavy atom. The highest BCUT2D eigenvalue weighted by Gasteiger charge is 2.56. The van der Waals surface area contributed by atoms with E-state index in [-0.39, 0.29) is 58.9 Å². The fourth-order valence-electron chi connectivity index (χ4n) is 11.3. The van der Waals surface area contributed by atoms with E-state index in [9.17, 15) is 60.5 Å². The van der Waals surface area contributed by atoms with E-state index < -0.39 is 159 Å². The van der Waals surface area contributed by atoms with Gasteiger partial charge in [-0.3, -0.25) is 4.79 Å². The van der Waals surface area contributed by atoms with Crippen LogP contribution >= 0.6 is 0 Å². The van der Waals surface area contributed by atoms with Gasteiger partial charge in [0, 0.05) is 36.4 Å². The average Bonchev–Trinajstić information content (AvgIpc) is 1.36. The van der Waals surface area contributed by atoms with Gasteiger partial charge >= 0.3 is 18.3 Å². The Kier molecular flexibility index (Phi) is 27.1. The number of nitrogens with zero attached hydrogens (tertiary/aromatic N) is 4. The molecule has 4 amide bonds. The van der Waals surface area contributed by atoms with Gasteiger partial charge in [-0.1, -0.05) is 154 Å². The van der Waals surface area contributed by atoms with Gasteiger partial charge in [-0.25, -0.2) is 14.4 Å². The molecular formula is C64H85N7O21. The van der Waals surface area contributed by atoms with Crippen LogP contribution in [0.4, 0.5) is 14.4 Å². The lowest BCUT2D eigenvalue weighted by molar-refractivity contribution is -0.320. The number of hydrogen-bond acceptors (Lipinski definition) is 22. The number of nitrogens with one attached hydrogen (secondary N) is 3. The van der Waals surface area contributed by atoms with Gasteiger partial charge in [-0.15, -0.1) is 0 Å². The minimum absolute atomic E-state index is 0.0427. The summed E-state index contributed by atoms with van der Waals surface area (Å²) in [6.07, 6.45) is -26.7. The molecule has 3 heterocycles. The van der Waals surface area contributed by atoms with E-state index in [1.165, 1.54) is 18.7 Å².